The summed E-state index contributed by atoms with van der Waals surface area (Å²) < 4.78 is 30.3. The third-order valence-electron chi connectivity index (χ3n) is 6.62. The van der Waals surface area contributed by atoms with Gasteiger partial charge in [-0.15, -0.1) is 0 Å². The molecule has 10 nitrogen and oxygen atoms in total. The van der Waals surface area contributed by atoms with Crippen molar-refractivity contribution in [1.29, 1.82) is 0 Å². The van der Waals surface area contributed by atoms with Crippen LogP contribution in [0.4, 0.5) is 5.82 Å². The number of aromatic nitrogens is 2. The van der Waals surface area contributed by atoms with Crippen LogP contribution in [0.25, 0.3) is 10.9 Å². The van der Waals surface area contributed by atoms with Crippen LogP contribution >= 0.6 is 7.52 Å². The summed E-state index contributed by atoms with van der Waals surface area (Å²) in [5.74, 6) is 1.79. The third-order valence-corrected chi connectivity index (χ3v) is 8.76. The monoisotopic (exact) mass is 528 g/mol. The highest BCUT2D eigenvalue weighted by Gasteiger charge is 2.31. The lowest BCUT2D eigenvalue weighted by Gasteiger charge is -2.34. The Bertz CT molecular complexity index is 1270. The van der Waals surface area contributed by atoms with Crippen LogP contribution in [-0.4, -0.2) is 60.6 Å². The lowest BCUT2D eigenvalue weighted by atomic mass is 9.94. The maximum absolute atomic E-state index is 13.6. The number of hydrogen-bond acceptors (Lipinski definition) is 8. The van der Waals surface area contributed by atoms with Gasteiger partial charge in [-0.25, -0.2) is 15.1 Å². The molecule has 3 aromatic rings. The second kappa shape index (κ2) is 11.8. The normalized spacial score (nSPS) is 16.7. The molecule has 11 heteroatoms. The molecular formula is C26H33N4O6P. The second-order valence-electron chi connectivity index (χ2n) is 9.13. The van der Waals surface area contributed by atoms with Crippen LogP contribution in [0.2, 0.25) is 0 Å². The van der Waals surface area contributed by atoms with Gasteiger partial charge in [0.15, 0.2) is 11.5 Å². The van der Waals surface area contributed by atoms with Crippen LogP contribution < -0.4 is 24.0 Å². The number of rotatable bonds is 11. The van der Waals surface area contributed by atoms with Crippen molar-refractivity contribution >= 4 is 30.2 Å². The average molecular weight is 529 g/mol. The van der Waals surface area contributed by atoms with Crippen LogP contribution in [0, 0.1) is 5.92 Å². The number of para-hydroxylation sites is 1. The SMILES string of the molecule is COc1cc2ncnc(N3CCC(CCP(=O)(NC(C)C(=O)O)Oc4ccccc4)CC3)c2cc1OC. The van der Waals surface area contributed by atoms with E-state index in [9.17, 15) is 14.5 Å². The second-order valence-corrected chi connectivity index (χ2v) is 11.4. The smallest absolute Gasteiger partial charge is 0.320 e. The van der Waals surface area contributed by atoms with Crippen molar-refractivity contribution in [2.45, 2.75) is 32.2 Å². The molecule has 0 radical (unpaired) electrons. The van der Waals surface area contributed by atoms with Gasteiger partial charge < -0.3 is 24.0 Å². The zero-order valence-corrected chi connectivity index (χ0v) is 22.2. The van der Waals surface area contributed by atoms with Gasteiger partial charge in [0, 0.05) is 30.7 Å². The van der Waals surface area contributed by atoms with Crippen LogP contribution in [0.15, 0.2) is 48.8 Å². The first-order chi connectivity index (χ1) is 17.8. The Kier molecular flexibility index (Phi) is 8.51. The Hall–Kier alpha value is -3.36. The van der Waals surface area contributed by atoms with Gasteiger partial charge in [0.2, 0.25) is 0 Å². The third kappa shape index (κ3) is 6.50. The standard InChI is InChI=1S/C26H33N4O6P/c1-18(26(31)32)29-37(33,36-20-7-5-4-6-8-20)14-11-19-9-12-30(13-10-19)25-21-15-23(34-2)24(35-3)16-22(21)27-17-28-25/h4-8,15-19H,9-14H2,1-3H3,(H,29,33)(H,31,32). The fraction of sp³-hybridized carbons (Fsp3) is 0.423. The lowest BCUT2D eigenvalue weighted by molar-refractivity contribution is -0.138. The van der Waals surface area contributed by atoms with Crippen molar-refractivity contribution in [2.75, 3.05) is 38.4 Å². The van der Waals surface area contributed by atoms with E-state index < -0.39 is 19.5 Å². The van der Waals surface area contributed by atoms with Crippen molar-refractivity contribution in [2.24, 2.45) is 5.92 Å². The molecule has 37 heavy (non-hydrogen) atoms. The molecule has 0 amide bonds. The lowest BCUT2D eigenvalue weighted by Crippen LogP contribution is -2.36. The van der Waals surface area contributed by atoms with Crippen molar-refractivity contribution in [3.05, 3.63) is 48.8 Å². The minimum atomic E-state index is -3.43. The summed E-state index contributed by atoms with van der Waals surface area (Å²) >= 11 is 0. The molecule has 1 aromatic heterocycles. The summed E-state index contributed by atoms with van der Waals surface area (Å²) in [6, 6.07) is 11.6. The van der Waals surface area contributed by atoms with E-state index in [4.69, 9.17) is 14.0 Å². The summed E-state index contributed by atoms with van der Waals surface area (Å²) in [5, 5.41) is 13.0. The van der Waals surface area contributed by atoms with E-state index >= 15 is 0 Å². The van der Waals surface area contributed by atoms with Crippen molar-refractivity contribution in [3.63, 3.8) is 0 Å². The molecule has 2 atom stereocenters. The molecule has 2 heterocycles. The summed E-state index contributed by atoms with van der Waals surface area (Å²) in [4.78, 5) is 22.6. The predicted molar refractivity (Wildman–Crippen MR) is 142 cm³/mol. The first-order valence-electron chi connectivity index (χ1n) is 12.3. The Balaban J connectivity index is 1.42. The molecule has 4 rings (SSSR count). The Morgan fingerprint density at radius 3 is 2.46 bits per heavy atom. The minimum Gasteiger partial charge on any atom is -0.493 e. The van der Waals surface area contributed by atoms with Gasteiger partial charge in [-0.2, -0.15) is 0 Å². The fourth-order valence-corrected chi connectivity index (χ4v) is 6.69. The molecule has 2 N–H and O–H groups in total. The van der Waals surface area contributed by atoms with Gasteiger partial charge in [-0.1, -0.05) is 18.2 Å². The maximum atomic E-state index is 13.6. The molecule has 0 aliphatic carbocycles. The average Bonchev–Trinajstić information content (AvgIpc) is 2.91. The summed E-state index contributed by atoms with van der Waals surface area (Å²) in [5.41, 5.74) is 0.780. The predicted octanol–water partition coefficient (Wildman–Crippen LogP) is 4.59. The topological polar surface area (TPSA) is 123 Å². The van der Waals surface area contributed by atoms with Gasteiger partial charge in [0.05, 0.1) is 19.7 Å². The Morgan fingerprint density at radius 2 is 1.81 bits per heavy atom. The zero-order valence-electron chi connectivity index (χ0n) is 21.3. The number of nitrogens with one attached hydrogen (secondary N) is 1. The molecule has 0 saturated carbocycles. The number of nitrogens with zero attached hydrogens (tertiary/aromatic N) is 3. The number of carbonyl (C=O) groups is 1. The molecule has 198 valence electrons. The summed E-state index contributed by atoms with van der Waals surface area (Å²) in [7, 11) is -0.234. The van der Waals surface area contributed by atoms with Gasteiger partial charge in [-0.3, -0.25) is 9.36 Å². The Morgan fingerprint density at radius 1 is 1.14 bits per heavy atom. The number of methoxy groups -OCH3 is 2. The number of ether oxygens (including phenoxy) is 2. The fourth-order valence-electron chi connectivity index (χ4n) is 4.55. The quantitative estimate of drug-likeness (QED) is 0.342. The van der Waals surface area contributed by atoms with E-state index in [1.54, 1.807) is 44.8 Å². The minimum absolute atomic E-state index is 0.248. The van der Waals surface area contributed by atoms with Gasteiger partial charge in [0.25, 0.3) is 0 Å². The number of piperidine rings is 1. The highest BCUT2D eigenvalue weighted by Crippen LogP contribution is 2.46. The summed E-state index contributed by atoms with van der Waals surface area (Å²) in [6.45, 7) is 3.04. The van der Waals surface area contributed by atoms with Gasteiger partial charge in [-0.05, 0) is 50.3 Å². The zero-order chi connectivity index (χ0) is 26.4. The van der Waals surface area contributed by atoms with Crippen LogP contribution in [0.1, 0.15) is 26.2 Å². The molecule has 1 aliphatic heterocycles. The molecule has 1 aliphatic rings. The van der Waals surface area contributed by atoms with Gasteiger partial charge in [0.1, 0.15) is 23.9 Å². The van der Waals surface area contributed by atoms with Crippen LogP contribution in [0.5, 0.6) is 17.2 Å². The van der Waals surface area contributed by atoms with Crippen molar-refractivity contribution in [1.82, 2.24) is 15.1 Å². The molecule has 0 bridgehead atoms. The van der Waals surface area contributed by atoms with Crippen molar-refractivity contribution < 1.29 is 28.5 Å². The number of fused-ring (bicyclic) bond motifs is 1. The number of carboxylic acid groups (broad SMARTS) is 1. The molecule has 2 aromatic carbocycles. The van der Waals surface area contributed by atoms with Crippen LogP contribution in [-0.2, 0) is 9.36 Å². The largest absolute Gasteiger partial charge is 0.493 e. The molecular weight excluding hydrogens is 495 g/mol. The van der Waals surface area contributed by atoms with E-state index in [0.29, 0.717) is 29.6 Å². The number of benzene rings is 2. The first-order valence-corrected chi connectivity index (χ1v) is 14.1. The Labute approximate surface area is 216 Å². The van der Waals surface area contributed by atoms with E-state index in [0.717, 1.165) is 42.7 Å². The maximum Gasteiger partial charge on any atom is 0.320 e. The number of hydrogen-bond donors (Lipinski definition) is 2. The number of aliphatic carboxylic acids is 1. The molecule has 1 saturated heterocycles. The molecule has 2 unspecified atom stereocenters. The van der Waals surface area contributed by atoms with Gasteiger partial charge >= 0.3 is 13.5 Å². The van der Waals surface area contributed by atoms with E-state index in [1.807, 2.05) is 18.2 Å². The van der Waals surface area contributed by atoms with E-state index in [2.05, 4.69) is 20.0 Å². The number of anilines is 1. The highest BCUT2D eigenvalue weighted by molar-refractivity contribution is 7.57. The first kappa shape index (κ1) is 26.7. The van der Waals surface area contributed by atoms with Crippen LogP contribution in [0.3, 0.4) is 0 Å². The molecule has 0 spiro atoms. The van der Waals surface area contributed by atoms with E-state index in [-0.39, 0.29) is 6.16 Å². The molecule has 1 fully saturated rings. The van der Waals surface area contributed by atoms with E-state index in [1.165, 1.54) is 6.92 Å². The number of carboxylic acids is 1. The van der Waals surface area contributed by atoms with Crippen molar-refractivity contribution in [3.8, 4) is 17.2 Å². The highest BCUT2D eigenvalue weighted by atomic mass is 31.2. The summed E-state index contributed by atoms with van der Waals surface area (Å²) in [6.07, 6.45) is 4.24.